The maximum atomic E-state index is 12.0. The van der Waals surface area contributed by atoms with Crippen LogP contribution in [0.3, 0.4) is 0 Å². The molecule has 21 heavy (non-hydrogen) atoms. The first kappa shape index (κ1) is 18.0. The molecule has 0 saturated carbocycles. The highest BCUT2D eigenvalue weighted by atomic mass is 79.9. The van der Waals surface area contributed by atoms with Gasteiger partial charge in [-0.25, -0.2) is 0 Å². The van der Waals surface area contributed by atoms with Gasteiger partial charge in [-0.3, -0.25) is 4.79 Å². The molecule has 0 aliphatic rings. The summed E-state index contributed by atoms with van der Waals surface area (Å²) in [4.78, 5) is 12.0. The van der Waals surface area contributed by atoms with Crippen molar-refractivity contribution in [3.8, 4) is 5.75 Å². The highest BCUT2D eigenvalue weighted by molar-refractivity contribution is 9.10. The number of hydrogen-bond donors (Lipinski definition) is 1. The molecule has 0 fully saturated rings. The van der Waals surface area contributed by atoms with Crippen LogP contribution in [-0.2, 0) is 0 Å². The first-order chi connectivity index (χ1) is 10.1. The Morgan fingerprint density at radius 1 is 1.29 bits per heavy atom. The van der Waals surface area contributed by atoms with E-state index >= 15 is 0 Å². The quantitative estimate of drug-likeness (QED) is 0.637. The number of hydrogen-bond acceptors (Lipinski definition) is 2. The monoisotopic (exact) mass is 355 g/mol. The van der Waals surface area contributed by atoms with Gasteiger partial charge in [0.15, 0.2) is 0 Å². The molecule has 3 nitrogen and oxygen atoms in total. The Bertz CT molecular complexity index is 448. The molecular formula is C17H26BrNO2. The van der Waals surface area contributed by atoms with Crippen molar-refractivity contribution >= 4 is 21.8 Å². The van der Waals surface area contributed by atoms with Crippen LogP contribution in [0.1, 0.15) is 63.2 Å². The zero-order chi connectivity index (χ0) is 15.7. The number of nitrogens with one attached hydrogen (secondary N) is 1. The average Bonchev–Trinajstić information content (AvgIpc) is 2.48. The van der Waals surface area contributed by atoms with Crippen LogP contribution in [0.25, 0.3) is 0 Å². The zero-order valence-corrected chi connectivity index (χ0v) is 14.8. The molecule has 1 atom stereocenters. The van der Waals surface area contributed by atoms with E-state index in [2.05, 4.69) is 35.1 Å². The summed E-state index contributed by atoms with van der Waals surface area (Å²) in [7, 11) is 0. The summed E-state index contributed by atoms with van der Waals surface area (Å²) in [6.07, 6.45) is 5.66. The van der Waals surface area contributed by atoms with Gasteiger partial charge >= 0.3 is 0 Å². The van der Waals surface area contributed by atoms with E-state index in [1.165, 1.54) is 19.3 Å². The highest BCUT2D eigenvalue weighted by Crippen LogP contribution is 2.26. The fourth-order valence-corrected chi connectivity index (χ4v) is 2.37. The van der Waals surface area contributed by atoms with Crippen LogP contribution in [-0.4, -0.2) is 18.6 Å². The Kier molecular flexibility index (Phi) is 8.43. The van der Waals surface area contributed by atoms with E-state index in [0.29, 0.717) is 5.56 Å². The van der Waals surface area contributed by atoms with Gasteiger partial charge in [-0.2, -0.15) is 0 Å². The number of carbonyl (C=O) groups is 1. The first-order valence-electron chi connectivity index (χ1n) is 7.81. The molecule has 0 aliphatic heterocycles. The van der Waals surface area contributed by atoms with Gasteiger partial charge in [-0.05, 0) is 53.9 Å². The molecule has 0 saturated heterocycles. The fraction of sp³-hybridized carbons (Fsp3) is 0.588. The van der Waals surface area contributed by atoms with Gasteiger partial charge in [0.1, 0.15) is 5.75 Å². The van der Waals surface area contributed by atoms with E-state index in [0.717, 1.165) is 29.7 Å². The lowest BCUT2D eigenvalue weighted by Crippen LogP contribution is -2.31. The second-order valence-electron chi connectivity index (χ2n) is 5.34. The second kappa shape index (κ2) is 9.82. The summed E-state index contributed by atoms with van der Waals surface area (Å²) in [5, 5.41) is 2.96. The minimum Gasteiger partial charge on any atom is -0.492 e. The van der Waals surface area contributed by atoms with Gasteiger partial charge in [-0.15, -0.1) is 0 Å². The summed E-state index contributed by atoms with van der Waals surface area (Å²) in [5.41, 5.74) is 0.653. The lowest BCUT2D eigenvalue weighted by atomic mass is 10.2. The van der Waals surface area contributed by atoms with Gasteiger partial charge in [0.05, 0.1) is 11.1 Å². The predicted molar refractivity (Wildman–Crippen MR) is 91.0 cm³/mol. The molecule has 1 rings (SSSR count). The Morgan fingerprint density at radius 2 is 2.05 bits per heavy atom. The Balaban J connectivity index is 2.53. The van der Waals surface area contributed by atoms with Crippen LogP contribution in [0.2, 0.25) is 0 Å². The lowest BCUT2D eigenvalue weighted by Gasteiger charge is -2.13. The van der Waals surface area contributed by atoms with Crippen molar-refractivity contribution in [1.29, 1.82) is 0 Å². The Labute approximate surface area is 136 Å². The van der Waals surface area contributed by atoms with E-state index in [9.17, 15) is 4.79 Å². The average molecular weight is 356 g/mol. The van der Waals surface area contributed by atoms with Crippen molar-refractivity contribution in [3.63, 3.8) is 0 Å². The topological polar surface area (TPSA) is 38.3 Å². The molecule has 1 amide bonds. The Morgan fingerprint density at radius 3 is 2.67 bits per heavy atom. The van der Waals surface area contributed by atoms with Crippen LogP contribution in [0.5, 0.6) is 5.75 Å². The molecule has 4 heteroatoms. The molecule has 0 bridgehead atoms. The van der Waals surface area contributed by atoms with Crippen molar-refractivity contribution in [2.75, 3.05) is 6.61 Å². The number of amides is 1. The summed E-state index contributed by atoms with van der Waals surface area (Å²) in [6, 6.07) is 5.67. The van der Waals surface area contributed by atoms with Crippen LogP contribution >= 0.6 is 15.9 Å². The summed E-state index contributed by atoms with van der Waals surface area (Å²) < 4.78 is 6.57. The third-order valence-corrected chi connectivity index (χ3v) is 4.06. The smallest absolute Gasteiger partial charge is 0.251 e. The number of ether oxygens (including phenoxy) is 1. The van der Waals surface area contributed by atoms with Crippen molar-refractivity contribution in [2.45, 2.75) is 58.9 Å². The van der Waals surface area contributed by atoms with Crippen LogP contribution in [0.4, 0.5) is 0 Å². The standard InChI is InChI=1S/C17H26BrNO2/c1-4-6-7-8-11-21-16-10-9-14(12-15(16)18)17(20)19-13(3)5-2/h9-10,12-13H,4-8,11H2,1-3H3,(H,19,20). The third kappa shape index (κ3) is 6.51. The highest BCUT2D eigenvalue weighted by Gasteiger charge is 2.11. The predicted octanol–water partition coefficient (Wildman–Crippen LogP) is 4.94. The van der Waals surface area contributed by atoms with Gasteiger partial charge in [0, 0.05) is 11.6 Å². The number of benzene rings is 1. The Hall–Kier alpha value is -1.03. The fourth-order valence-electron chi connectivity index (χ4n) is 1.88. The van der Waals surface area contributed by atoms with Crippen molar-refractivity contribution in [1.82, 2.24) is 5.32 Å². The minimum absolute atomic E-state index is 0.0421. The minimum atomic E-state index is -0.0421. The molecule has 1 aromatic rings. The summed E-state index contributed by atoms with van der Waals surface area (Å²) in [6.45, 7) is 6.97. The van der Waals surface area contributed by atoms with Gasteiger partial charge in [0.2, 0.25) is 0 Å². The number of carbonyl (C=O) groups excluding carboxylic acids is 1. The largest absolute Gasteiger partial charge is 0.492 e. The summed E-state index contributed by atoms with van der Waals surface area (Å²) in [5.74, 6) is 0.756. The molecule has 1 aromatic carbocycles. The number of halogens is 1. The first-order valence-corrected chi connectivity index (χ1v) is 8.61. The number of unbranched alkanes of at least 4 members (excludes halogenated alkanes) is 3. The SMILES string of the molecule is CCCCCCOc1ccc(C(=O)NC(C)CC)cc1Br. The molecule has 118 valence electrons. The molecule has 0 spiro atoms. The van der Waals surface area contributed by atoms with Crippen molar-refractivity contribution in [2.24, 2.45) is 0 Å². The molecule has 1 N–H and O–H groups in total. The van der Waals surface area contributed by atoms with Crippen LogP contribution in [0, 0.1) is 0 Å². The van der Waals surface area contributed by atoms with Crippen molar-refractivity contribution in [3.05, 3.63) is 28.2 Å². The van der Waals surface area contributed by atoms with Crippen LogP contribution in [0.15, 0.2) is 22.7 Å². The van der Waals surface area contributed by atoms with Gasteiger partial charge < -0.3 is 10.1 Å². The van der Waals surface area contributed by atoms with Gasteiger partial charge in [0.25, 0.3) is 5.91 Å². The van der Waals surface area contributed by atoms with E-state index in [-0.39, 0.29) is 11.9 Å². The molecule has 0 radical (unpaired) electrons. The van der Waals surface area contributed by atoms with Crippen LogP contribution < -0.4 is 10.1 Å². The van der Waals surface area contributed by atoms with E-state index in [1.54, 1.807) is 0 Å². The van der Waals surface area contributed by atoms with E-state index in [1.807, 2.05) is 25.1 Å². The molecule has 0 aromatic heterocycles. The zero-order valence-electron chi connectivity index (χ0n) is 13.2. The third-order valence-electron chi connectivity index (χ3n) is 3.44. The molecule has 0 heterocycles. The van der Waals surface area contributed by atoms with E-state index in [4.69, 9.17) is 4.74 Å². The lowest BCUT2D eigenvalue weighted by molar-refractivity contribution is 0.0939. The molecule has 0 aliphatic carbocycles. The second-order valence-corrected chi connectivity index (χ2v) is 6.19. The molecule has 1 unspecified atom stereocenters. The van der Waals surface area contributed by atoms with Crippen molar-refractivity contribution < 1.29 is 9.53 Å². The summed E-state index contributed by atoms with van der Waals surface area (Å²) >= 11 is 3.48. The normalized spacial score (nSPS) is 12.0. The number of rotatable bonds is 9. The van der Waals surface area contributed by atoms with E-state index < -0.39 is 0 Å². The van der Waals surface area contributed by atoms with Gasteiger partial charge in [-0.1, -0.05) is 33.1 Å². The maximum absolute atomic E-state index is 12.0. The molecular weight excluding hydrogens is 330 g/mol. The maximum Gasteiger partial charge on any atom is 0.251 e.